The Bertz CT molecular complexity index is 595. The summed E-state index contributed by atoms with van der Waals surface area (Å²) in [6.07, 6.45) is 0.417. The van der Waals surface area contributed by atoms with Crippen molar-refractivity contribution in [1.82, 2.24) is 15.5 Å². The SMILES string of the molecule is CCNC(=NCc1ccc(F)c(COC)c1)NCCC(=O)N(CC)CC.I. The van der Waals surface area contributed by atoms with Crippen LogP contribution in [0.3, 0.4) is 0 Å². The lowest BCUT2D eigenvalue weighted by atomic mass is 10.1. The van der Waals surface area contributed by atoms with Crippen LogP contribution in [0.5, 0.6) is 0 Å². The van der Waals surface area contributed by atoms with Crippen LogP contribution in [0, 0.1) is 5.82 Å². The minimum absolute atomic E-state index is 0. The maximum atomic E-state index is 13.7. The van der Waals surface area contributed by atoms with Gasteiger partial charge in [0, 0.05) is 45.3 Å². The molecule has 0 atom stereocenters. The Morgan fingerprint density at radius 1 is 1.22 bits per heavy atom. The summed E-state index contributed by atoms with van der Waals surface area (Å²) in [4.78, 5) is 18.3. The van der Waals surface area contributed by atoms with Crippen LogP contribution < -0.4 is 10.6 Å². The van der Waals surface area contributed by atoms with Crippen LogP contribution in [0.2, 0.25) is 0 Å². The molecule has 0 aromatic heterocycles. The van der Waals surface area contributed by atoms with E-state index in [1.54, 1.807) is 12.1 Å². The summed E-state index contributed by atoms with van der Waals surface area (Å²) in [5, 5.41) is 6.32. The lowest BCUT2D eigenvalue weighted by Crippen LogP contribution is -2.40. The summed E-state index contributed by atoms with van der Waals surface area (Å²) in [6, 6.07) is 4.91. The number of ether oxygens (including phenoxy) is 1. The summed E-state index contributed by atoms with van der Waals surface area (Å²) >= 11 is 0. The van der Waals surface area contributed by atoms with Crippen LogP contribution in [-0.4, -0.2) is 50.1 Å². The van der Waals surface area contributed by atoms with Crippen LogP contribution in [0.25, 0.3) is 0 Å². The predicted molar refractivity (Wildman–Crippen MR) is 118 cm³/mol. The first kappa shape index (κ1) is 25.6. The van der Waals surface area contributed by atoms with E-state index in [0.717, 1.165) is 18.7 Å². The maximum absolute atomic E-state index is 13.7. The molecule has 2 N–H and O–H groups in total. The highest BCUT2D eigenvalue weighted by molar-refractivity contribution is 14.0. The maximum Gasteiger partial charge on any atom is 0.224 e. The Balaban J connectivity index is 0.00000676. The second-order valence-electron chi connectivity index (χ2n) is 5.80. The molecule has 1 aromatic rings. The van der Waals surface area contributed by atoms with Crippen molar-refractivity contribution in [2.45, 2.75) is 40.3 Å². The molecule has 0 aliphatic rings. The van der Waals surface area contributed by atoms with Gasteiger partial charge in [0.25, 0.3) is 0 Å². The van der Waals surface area contributed by atoms with Crippen LogP contribution in [0.1, 0.15) is 38.3 Å². The van der Waals surface area contributed by atoms with Gasteiger partial charge in [0.2, 0.25) is 5.91 Å². The fourth-order valence-electron chi connectivity index (χ4n) is 2.53. The minimum atomic E-state index is -0.278. The van der Waals surface area contributed by atoms with E-state index in [1.165, 1.54) is 13.2 Å². The van der Waals surface area contributed by atoms with Gasteiger partial charge in [0.05, 0.1) is 13.2 Å². The topological polar surface area (TPSA) is 66.0 Å². The zero-order chi connectivity index (χ0) is 19.4. The number of aliphatic imine (C=N–C) groups is 1. The van der Waals surface area contributed by atoms with E-state index < -0.39 is 0 Å². The average molecular weight is 494 g/mol. The summed E-state index contributed by atoms with van der Waals surface area (Å²) in [7, 11) is 1.54. The zero-order valence-corrected chi connectivity index (χ0v) is 19.0. The van der Waals surface area contributed by atoms with Gasteiger partial charge < -0.3 is 20.3 Å². The van der Waals surface area contributed by atoms with E-state index in [-0.39, 0.29) is 42.3 Å². The second-order valence-corrected chi connectivity index (χ2v) is 5.80. The number of carbonyl (C=O) groups is 1. The Morgan fingerprint density at radius 3 is 2.52 bits per heavy atom. The number of methoxy groups -OCH3 is 1. The molecule has 0 unspecified atom stereocenters. The minimum Gasteiger partial charge on any atom is -0.380 e. The number of nitrogens with zero attached hydrogens (tertiary/aromatic N) is 2. The molecule has 1 rings (SSSR count). The van der Waals surface area contributed by atoms with Gasteiger partial charge in [-0.1, -0.05) is 6.07 Å². The lowest BCUT2D eigenvalue weighted by Gasteiger charge is -2.19. The molecule has 0 radical (unpaired) electrons. The molecule has 0 fully saturated rings. The van der Waals surface area contributed by atoms with Gasteiger partial charge >= 0.3 is 0 Å². The molecule has 1 aromatic carbocycles. The second kappa shape index (κ2) is 14.6. The number of benzene rings is 1. The number of rotatable bonds is 10. The molecule has 1 amide bonds. The average Bonchev–Trinajstić information content (AvgIpc) is 2.63. The molecular formula is C19H32FIN4O2. The van der Waals surface area contributed by atoms with Crippen molar-refractivity contribution in [3.05, 3.63) is 35.1 Å². The van der Waals surface area contributed by atoms with Crippen molar-refractivity contribution < 1.29 is 13.9 Å². The van der Waals surface area contributed by atoms with Crippen molar-refractivity contribution in [1.29, 1.82) is 0 Å². The zero-order valence-electron chi connectivity index (χ0n) is 16.7. The van der Waals surface area contributed by atoms with Crippen molar-refractivity contribution >= 4 is 35.8 Å². The van der Waals surface area contributed by atoms with Crippen LogP contribution >= 0.6 is 24.0 Å². The van der Waals surface area contributed by atoms with Crippen molar-refractivity contribution in [2.24, 2.45) is 4.99 Å². The summed E-state index contributed by atoms with van der Waals surface area (Å²) in [6.45, 7) is 9.24. The fourth-order valence-corrected chi connectivity index (χ4v) is 2.53. The third kappa shape index (κ3) is 9.37. The number of hydrogen-bond acceptors (Lipinski definition) is 3. The van der Waals surface area contributed by atoms with Crippen molar-refractivity contribution in [2.75, 3.05) is 33.3 Å². The first-order valence-corrected chi connectivity index (χ1v) is 9.11. The van der Waals surface area contributed by atoms with Gasteiger partial charge in [-0.25, -0.2) is 9.38 Å². The molecule has 0 spiro atoms. The molecule has 154 valence electrons. The Labute approximate surface area is 179 Å². The van der Waals surface area contributed by atoms with Crippen LogP contribution in [0.4, 0.5) is 4.39 Å². The van der Waals surface area contributed by atoms with Gasteiger partial charge in [-0.05, 0) is 38.5 Å². The Morgan fingerprint density at radius 2 is 1.93 bits per heavy atom. The number of guanidine groups is 1. The summed E-state index contributed by atoms with van der Waals surface area (Å²) < 4.78 is 18.7. The van der Waals surface area contributed by atoms with Gasteiger partial charge in [-0.3, -0.25) is 4.79 Å². The molecule has 6 nitrogen and oxygen atoms in total. The standard InChI is InChI=1S/C19H31FN4O2.HI/c1-5-21-19(22-11-10-18(25)24(6-2)7-3)23-13-15-8-9-17(20)16(12-15)14-26-4;/h8-9,12H,5-7,10-11,13-14H2,1-4H3,(H2,21,22,23);1H. The molecular weight excluding hydrogens is 462 g/mol. The Kier molecular flexibility index (Phi) is 13.8. The fraction of sp³-hybridized carbons (Fsp3) is 0.579. The largest absolute Gasteiger partial charge is 0.380 e. The van der Waals surface area contributed by atoms with Gasteiger partial charge in [0.15, 0.2) is 5.96 Å². The highest BCUT2D eigenvalue weighted by Gasteiger charge is 2.09. The molecule has 0 aliphatic heterocycles. The van der Waals surface area contributed by atoms with Gasteiger partial charge in [0.1, 0.15) is 5.82 Å². The van der Waals surface area contributed by atoms with Gasteiger partial charge in [-0.2, -0.15) is 0 Å². The van der Waals surface area contributed by atoms with E-state index in [9.17, 15) is 9.18 Å². The monoisotopic (exact) mass is 494 g/mol. The third-order valence-electron chi connectivity index (χ3n) is 3.92. The number of amides is 1. The Hall–Kier alpha value is -1.42. The first-order valence-electron chi connectivity index (χ1n) is 9.11. The smallest absolute Gasteiger partial charge is 0.224 e. The highest BCUT2D eigenvalue weighted by Crippen LogP contribution is 2.12. The van der Waals surface area contributed by atoms with Crippen LogP contribution in [-0.2, 0) is 22.7 Å². The number of halogens is 2. The first-order chi connectivity index (χ1) is 12.5. The van der Waals surface area contributed by atoms with Gasteiger partial charge in [-0.15, -0.1) is 24.0 Å². The molecule has 0 bridgehead atoms. The molecule has 0 saturated heterocycles. The molecule has 8 heteroatoms. The van der Waals surface area contributed by atoms with E-state index >= 15 is 0 Å². The van der Waals surface area contributed by atoms with E-state index in [0.29, 0.717) is 37.6 Å². The predicted octanol–water partition coefficient (Wildman–Crippen LogP) is 2.90. The van der Waals surface area contributed by atoms with E-state index in [2.05, 4.69) is 15.6 Å². The molecule has 0 aliphatic carbocycles. The highest BCUT2D eigenvalue weighted by atomic mass is 127. The lowest BCUT2D eigenvalue weighted by molar-refractivity contribution is -0.130. The molecule has 0 heterocycles. The van der Waals surface area contributed by atoms with Crippen molar-refractivity contribution in [3.8, 4) is 0 Å². The quantitative estimate of drug-likeness (QED) is 0.298. The number of carbonyl (C=O) groups excluding carboxylic acids is 1. The van der Waals surface area contributed by atoms with E-state index in [4.69, 9.17) is 4.74 Å². The molecule has 0 saturated carbocycles. The summed E-state index contributed by atoms with van der Waals surface area (Å²) in [5.41, 5.74) is 1.41. The molecule has 27 heavy (non-hydrogen) atoms. The normalized spacial score (nSPS) is 10.9. The van der Waals surface area contributed by atoms with Crippen molar-refractivity contribution in [3.63, 3.8) is 0 Å². The van der Waals surface area contributed by atoms with Crippen LogP contribution in [0.15, 0.2) is 23.2 Å². The third-order valence-corrected chi connectivity index (χ3v) is 3.92. The van der Waals surface area contributed by atoms with E-state index in [1.807, 2.05) is 25.7 Å². The number of nitrogens with one attached hydrogen (secondary N) is 2. The summed E-state index contributed by atoms with van der Waals surface area (Å²) in [5.74, 6) is 0.484. The number of hydrogen-bond donors (Lipinski definition) is 2.